The molecular formula is C24H28FN7O. The molecule has 0 bridgehead atoms. The van der Waals surface area contributed by atoms with Gasteiger partial charge in [0.25, 0.3) is 5.91 Å². The summed E-state index contributed by atoms with van der Waals surface area (Å²) in [4.78, 5) is 19.7. The molecule has 33 heavy (non-hydrogen) atoms. The second-order valence-electron chi connectivity index (χ2n) is 8.62. The van der Waals surface area contributed by atoms with E-state index in [4.69, 9.17) is 0 Å². The summed E-state index contributed by atoms with van der Waals surface area (Å²) in [5, 5.41) is 11.9. The molecule has 1 aliphatic rings. The first kappa shape index (κ1) is 21.4. The fourth-order valence-corrected chi connectivity index (χ4v) is 4.63. The van der Waals surface area contributed by atoms with E-state index in [-0.39, 0.29) is 11.6 Å². The quantitative estimate of drug-likeness (QED) is 0.487. The van der Waals surface area contributed by atoms with Gasteiger partial charge in [0.05, 0.1) is 16.9 Å². The minimum atomic E-state index is -0.486. The summed E-state index contributed by atoms with van der Waals surface area (Å²) in [5.74, 6) is -0.812. The maximum absolute atomic E-state index is 14.5. The Morgan fingerprint density at radius 1 is 1.27 bits per heavy atom. The van der Waals surface area contributed by atoms with Crippen molar-refractivity contribution in [3.63, 3.8) is 0 Å². The molecule has 8 nitrogen and oxygen atoms in total. The van der Waals surface area contributed by atoms with E-state index >= 15 is 0 Å². The van der Waals surface area contributed by atoms with Crippen molar-refractivity contribution in [2.45, 2.75) is 39.3 Å². The topological polar surface area (TPSA) is 79.5 Å². The highest BCUT2D eigenvalue weighted by molar-refractivity contribution is 6.13. The number of fused-ring (bicyclic) bond motifs is 2. The third kappa shape index (κ3) is 3.93. The predicted octanol–water partition coefficient (Wildman–Crippen LogP) is 3.59. The number of nitrogens with one attached hydrogen (secondary N) is 2. The molecule has 172 valence electrons. The number of amides is 1. The molecule has 0 saturated carbocycles. The number of carbonyl (C=O) groups is 1. The van der Waals surface area contributed by atoms with Gasteiger partial charge in [0.1, 0.15) is 5.52 Å². The van der Waals surface area contributed by atoms with Gasteiger partial charge in [-0.15, -0.1) is 0 Å². The van der Waals surface area contributed by atoms with Crippen molar-refractivity contribution < 1.29 is 9.18 Å². The Bertz CT molecular complexity index is 1340. The molecule has 1 fully saturated rings. The third-order valence-corrected chi connectivity index (χ3v) is 6.39. The van der Waals surface area contributed by atoms with E-state index in [1.54, 1.807) is 23.7 Å². The van der Waals surface area contributed by atoms with Gasteiger partial charge in [-0.2, -0.15) is 5.10 Å². The summed E-state index contributed by atoms with van der Waals surface area (Å²) >= 11 is 0. The van der Waals surface area contributed by atoms with E-state index in [2.05, 4.69) is 32.7 Å². The largest absolute Gasteiger partial charge is 0.371 e. The number of imidazole rings is 1. The lowest BCUT2D eigenvalue weighted by Crippen LogP contribution is -2.41. The van der Waals surface area contributed by atoms with E-state index in [1.807, 2.05) is 29.9 Å². The summed E-state index contributed by atoms with van der Waals surface area (Å²) in [6.07, 6.45) is 7.53. The number of nitrogens with zero attached hydrogens (tertiary/aromatic N) is 5. The number of pyridine rings is 1. The number of aryl methyl sites for hydroxylation is 2. The van der Waals surface area contributed by atoms with Gasteiger partial charge in [-0.1, -0.05) is 0 Å². The lowest BCUT2D eigenvalue weighted by Gasteiger charge is -2.33. The van der Waals surface area contributed by atoms with Crippen LogP contribution in [0.25, 0.3) is 16.6 Å². The highest BCUT2D eigenvalue weighted by Crippen LogP contribution is 2.31. The minimum absolute atomic E-state index is 0.236. The molecule has 0 aliphatic carbocycles. The molecule has 9 heteroatoms. The Labute approximate surface area is 191 Å². The van der Waals surface area contributed by atoms with Gasteiger partial charge < -0.3 is 19.9 Å². The van der Waals surface area contributed by atoms with Crippen molar-refractivity contribution >= 4 is 33.8 Å². The molecule has 1 amide bonds. The Balaban J connectivity index is 1.50. The number of carbonyl (C=O) groups excluding carboxylic acids is 1. The fraction of sp³-hybridized carbons (Fsp3) is 0.375. The second kappa shape index (κ2) is 8.47. The number of benzene rings is 1. The second-order valence-corrected chi connectivity index (χ2v) is 8.62. The number of hydrogen-bond donors (Lipinski definition) is 2. The first-order chi connectivity index (χ1) is 15.9. The Morgan fingerprint density at radius 3 is 2.82 bits per heavy atom. The number of hydrogen-bond acceptors (Lipinski definition) is 5. The highest BCUT2D eigenvalue weighted by Gasteiger charge is 2.23. The molecule has 0 radical (unpaired) electrons. The average molecular weight is 450 g/mol. The summed E-state index contributed by atoms with van der Waals surface area (Å²) < 4.78 is 17.9. The van der Waals surface area contributed by atoms with Crippen LogP contribution in [0.1, 0.15) is 35.8 Å². The SMILES string of the molecule is CCn1cc2c(N(C)C3CCNCC3)ccc(C(=O)Nc3cc(F)c4nc(C)cn4c3)c2n1. The maximum Gasteiger partial charge on any atom is 0.257 e. The summed E-state index contributed by atoms with van der Waals surface area (Å²) in [7, 11) is 2.11. The number of halogens is 1. The molecular weight excluding hydrogens is 421 g/mol. The van der Waals surface area contributed by atoms with E-state index in [0.29, 0.717) is 35.0 Å². The number of piperidine rings is 1. The molecule has 1 aliphatic heterocycles. The first-order valence-corrected chi connectivity index (χ1v) is 11.3. The molecule has 3 aromatic heterocycles. The minimum Gasteiger partial charge on any atom is -0.371 e. The van der Waals surface area contributed by atoms with Crippen LogP contribution in [-0.2, 0) is 6.54 Å². The van der Waals surface area contributed by atoms with Crippen molar-refractivity contribution in [1.29, 1.82) is 0 Å². The summed E-state index contributed by atoms with van der Waals surface area (Å²) in [6, 6.07) is 5.53. The van der Waals surface area contributed by atoms with Crippen LogP contribution >= 0.6 is 0 Å². The molecule has 0 unspecified atom stereocenters. The fourth-order valence-electron chi connectivity index (χ4n) is 4.63. The van der Waals surface area contributed by atoms with Crippen LogP contribution < -0.4 is 15.5 Å². The van der Waals surface area contributed by atoms with Gasteiger partial charge in [-0.05, 0) is 51.9 Å². The number of aromatic nitrogens is 4. The summed E-state index contributed by atoms with van der Waals surface area (Å²) in [6.45, 7) is 6.53. The monoisotopic (exact) mass is 449 g/mol. The van der Waals surface area contributed by atoms with Crippen LogP contribution in [0.15, 0.2) is 36.8 Å². The zero-order valence-corrected chi connectivity index (χ0v) is 19.1. The zero-order chi connectivity index (χ0) is 23.1. The van der Waals surface area contributed by atoms with Gasteiger partial charge in [-0.25, -0.2) is 9.37 Å². The van der Waals surface area contributed by atoms with Crippen molar-refractivity contribution in [3.05, 3.63) is 53.9 Å². The van der Waals surface area contributed by atoms with Gasteiger partial charge in [0.15, 0.2) is 11.5 Å². The molecule has 4 heterocycles. The molecule has 1 saturated heterocycles. The van der Waals surface area contributed by atoms with Crippen molar-refractivity contribution in [2.24, 2.45) is 0 Å². The van der Waals surface area contributed by atoms with Crippen LogP contribution in [0, 0.1) is 12.7 Å². The molecule has 1 aromatic carbocycles. The van der Waals surface area contributed by atoms with E-state index < -0.39 is 5.82 Å². The smallest absolute Gasteiger partial charge is 0.257 e. The van der Waals surface area contributed by atoms with Gasteiger partial charge in [0, 0.05) is 55.4 Å². The van der Waals surface area contributed by atoms with Gasteiger partial charge >= 0.3 is 0 Å². The third-order valence-electron chi connectivity index (χ3n) is 6.39. The van der Waals surface area contributed by atoms with E-state index in [9.17, 15) is 9.18 Å². The highest BCUT2D eigenvalue weighted by atomic mass is 19.1. The molecule has 5 rings (SSSR count). The van der Waals surface area contributed by atoms with Crippen molar-refractivity contribution in [2.75, 3.05) is 30.4 Å². The Morgan fingerprint density at radius 2 is 2.06 bits per heavy atom. The van der Waals surface area contributed by atoms with Crippen molar-refractivity contribution in [1.82, 2.24) is 24.5 Å². The zero-order valence-electron chi connectivity index (χ0n) is 19.1. The normalized spacial score (nSPS) is 14.8. The van der Waals surface area contributed by atoms with E-state index in [1.165, 1.54) is 6.07 Å². The average Bonchev–Trinajstić information content (AvgIpc) is 3.41. The van der Waals surface area contributed by atoms with E-state index in [0.717, 1.165) is 37.0 Å². The number of rotatable bonds is 5. The van der Waals surface area contributed by atoms with Gasteiger partial charge in [-0.3, -0.25) is 9.48 Å². The molecule has 0 spiro atoms. The predicted molar refractivity (Wildman–Crippen MR) is 128 cm³/mol. The Kier molecular flexibility index (Phi) is 5.49. The Hall–Kier alpha value is -3.46. The maximum atomic E-state index is 14.5. The first-order valence-electron chi connectivity index (χ1n) is 11.3. The summed E-state index contributed by atoms with van der Waals surface area (Å²) in [5.41, 5.74) is 3.48. The molecule has 0 atom stereocenters. The van der Waals surface area contributed by atoms with Crippen LogP contribution in [0.2, 0.25) is 0 Å². The lowest BCUT2D eigenvalue weighted by molar-refractivity contribution is 0.102. The standard InChI is InChI=1S/C24H28FN7O/c1-4-32-14-19-21(30(3)17-7-9-26-10-8-17)6-5-18(22(19)29-32)24(33)28-16-11-20(25)23-27-15(2)12-31(23)13-16/h5-6,11-14,17,26H,4,7-10H2,1-3H3,(H,28,33). The lowest BCUT2D eigenvalue weighted by atomic mass is 10.0. The van der Waals surface area contributed by atoms with Crippen LogP contribution in [0.3, 0.4) is 0 Å². The van der Waals surface area contributed by atoms with Gasteiger partial charge in [0.2, 0.25) is 0 Å². The number of anilines is 2. The molecule has 4 aromatic rings. The van der Waals surface area contributed by atoms with Crippen molar-refractivity contribution in [3.8, 4) is 0 Å². The van der Waals surface area contributed by atoms with Crippen LogP contribution in [0.5, 0.6) is 0 Å². The van der Waals surface area contributed by atoms with Crippen LogP contribution in [0.4, 0.5) is 15.8 Å². The molecule has 2 N–H and O–H groups in total. The van der Waals surface area contributed by atoms with Crippen LogP contribution in [-0.4, -0.2) is 51.3 Å².